The molecule has 1 heterocycles. The molecule has 1 amide bonds. The molecule has 2 fully saturated rings. The van der Waals surface area contributed by atoms with E-state index in [4.69, 9.17) is 5.73 Å². The second-order valence-electron chi connectivity index (χ2n) is 6.88. The molecule has 22 heavy (non-hydrogen) atoms. The Morgan fingerprint density at radius 2 is 1.82 bits per heavy atom. The topological polar surface area (TPSA) is 49.6 Å². The molecule has 3 unspecified atom stereocenters. The summed E-state index contributed by atoms with van der Waals surface area (Å²) < 4.78 is 38.2. The van der Waals surface area contributed by atoms with Crippen LogP contribution in [0.4, 0.5) is 13.2 Å². The Bertz CT molecular complexity index is 403. The van der Waals surface area contributed by atoms with E-state index >= 15 is 0 Å². The minimum Gasteiger partial charge on any atom is -0.340 e. The molecular weight excluding hydrogens is 295 g/mol. The molecule has 0 aromatic heterocycles. The number of carbonyl (C=O) groups excluding carboxylic acids is 1. The molecule has 7 heteroatoms. The lowest BCUT2D eigenvalue weighted by Gasteiger charge is -2.43. The predicted octanol–water partition coefficient (Wildman–Crippen LogP) is 1.99. The molecule has 0 radical (unpaired) electrons. The van der Waals surface area contributed by atoms with Crippen LogP contribution < -0.4 is 5.73 Å². The predicted molar refractivity (Wildman–Crippen MR) is 78.2 cm³/mol. The zero-order valence-corrected chi connectivity index (χ0v) is 13.3. The van der Waals surface area contributed by atoms with Gasteiger partial charge in [0.2, 0.25) is 5.91 Å². The quantitative estimate of drug-likeness (QED) is 0.846. The maximum absolute atomic E-state index is 12.7. The summed E-state index contributed by atoms with van der Waals surface area (Å²) in [6, 6.07) is -1.46. The normalized spacial score (nSPS) is 32.8. The molecule has 0 spiro atoms. The van der Waals surface area contributed by atoms with Crippen molar-refractivity contribution in [1.82, 2.24) is 9.80 Å². The largest absolute Gasteiger partial charge is 0.403 e. The van der Waals surface area contributed by atoms with Crippen molar-refractivity contribution in [2.24, 2.45) is 11.7 Å². The number of halogens is 3. The van der Waals surface area contributed by atoms with Crippen LogP contribution in [0, 0.1) is 5.92 Å². The van der Waals surface area contributed by atoms with Gasteiger partial charge in [0, 0.05) is 31.7 Å². The van der Waals surface area contributed by atoms with Crippen molar-refractivity contribution in [2.45, 2.75) is 57.3 Å². The van der Waals surface area contributed by atoms with Crippen molar-refractivity contribution in [2.75, 3.05) is 26.2 Å². The standard InChI is InChI=1S/C15H26F3N3O/c1-11(15(16,17)18)20-7-9-21(10-8-20)13(22)12-5-3-4-6-14(12,2)19/h11-12H,3-10,19H2,1-2H3. The first-order valence-corrected chi connectivity index (χ1v) is 8.01. The van der Waals surface area contributed by atoms with Crippen LogP contribution in [0.5, 0.6) is 0 Å². The molecule has 0 aromatic carbocycles. The van der Waals surface area contributed by atoms with E-state index in [-0.39, 0.29) is 24.9 Å². The monoisotopic (exact) mass is 321 g/mol. The molecule has 4 nitrogen and oxygen atoms in total. The SMILES string of the molecule is CC(N1CCN(C(=O)C2CCCCC2(C)N)CC1)C(F)(F)F. The molecule has 2 rings (SSSR count). The van der Waals surface area contributed by atoms with Gasteiger partial charge in [-0.1, -0.05) is 12.8 Å². The number of amides is 1. The van der Waals surface area contributed by atoms with Crippen molar-refractivity contribution < 1.29 is 18.0 Å². The third kappa shape index (κ3) is 3.74. The average Bonchev–Trinajstić information content (AvgIpc) is 2.44. The van der Waals surface area contributed by atoms with Crippen LogP contribution in [0.25, 0.3) is 0 Å². The fourth-order valence-electron chi connectivity index (χ4n) is 3.52. The van der Waals surface area contributed by atoms with E-state index in [0.29, 0.717) is 13.1 Å². The van der Waals surface area contributed by atoms with Crippen LogP contribution in [-0.2, 0) is 4.79 Å². The molecule has 1 aliphatic carbocycles. The van der Waals surface area contributed by atoms with Crippen LogP contribution >= 0.6 is 0 Å². The molecule has 2 N–H and O–H groups in total. The summed E-state index contributed by atoms with van der Waals surface area (Å²) in [7, 11) is 0. The molecule has 3 atom stereocenters. The Kier molecular flexibility index (Phi) is 5.06. The summed E-state index contributed by atoms with van der Waals surface area (Å²) in [5.74, 6) is -0.183. The average molecular weight is 321 g/mol. The number of nitrogens with zero attached hydrogens (tertiary/aromatic N) is 2. The summed E-state index contributed by atoms with van der Waals surface area (Å²) >= 11 is 0. The molecule has 1 saturated carbocycles. The van der Waals surface area contributed by atoms with Gasteiger partial charge in [-0.25, -0.2) is 0 Å². The van der Waals surface area contributed by atoms with Gasteiger partial charge in [-0.3, -0.25) is 9.69 Å². The first-order valence-electron chi connectivity index (χ1n) is 8.01. The molecule has 2 aliphatic rings. The maximum Gasteiger partial charge on any atom is 0.403 e. The number of alkyl halides is 3. The van der Waals surface area contributed by atoms with Gasteiger partial charge in [-0.15, -0.1) is 0 Å². The first kappa shape index (κ1) is 17.5. The number of piperazine rings is 1. The van der Waals surface area contributed by atoms with E-state index in [1.165, 1.54) is 11.8 Å². The Labute approximate surface area is 129 Å². The van der Waals surface area contributed by atoms with Crippen LogP contribution in [0.15, 0.2) is 0 Å². The van der Waals surface area contributed by atoms with Crippen LogP contribution in [-0.4, -0.2) is 59.6 Å². The smallest absolute Gasteiger partial charge is 0.340 e. The number of carbonyl (C=O) groups is 1. The molecular formula is C15H26F3N3O. The van der Waals surface area contributed by atoms with Gasteiger partial charge in [0.15, 0.2) is 0 Å². The fourth-order valence-corrected chi connectivity index (χ4v) is 3.52. The highest BCUT2D eigenvalue weighted by atomic mass is 19.4. The third-order valence-electron chi connectivity index (χ3n) is 5.20. The van der Waals surface area contributed by atoms with Crippen molar-refractivity contribution >= 4 is 5.91 Å². The van der Waals surface area contributed by atoms with Crippen molar-refractivity contribution in [1.29, 1.82) is 0 Å². The van der Waals surface area contributed by atoms with Crippen LogP contribution in [0.3, 0.4) is 0 Å². The van der Waals surface area contributed by atoms with Crippen molar-refractivity contribution in [3.8, 4) is 0 Å². The Hall–Kier alpha value is -0.820. The fraction of sp³-hybridized carbons (Fsp3) is 0.933. The molecule has 128 valence electrons. The molecule has 0 aromatic rings. The Balaban J connectivity index is 1.92. The van der Waals surface area contributed by atoms with Crippen LogP contribution in [0.1, 0.15) is 39.5 Å². The zero-order valence-electron chi connectivity index (χ0n) is 13.3. The van der Waals surface area contributed by atoms with E-state index in [1.807, 2.05) is 6.92 Å². The second kappa shape index (κ2) is 6.35. The number of hydrogen-bond acceptors (Lipinski definition) is 3. The summed E-state index contributed by atoms with van der Waals surface area (Å²) in [5, 5.41) is 0. The minimum atomic E-state index is -4.22. The molecule has 1 saturated heterocycles. The number of hydrogen-bond donors (Lipinski definition) is 1. The van der Waals surface area contributed by atoms with E-state index in [0.717, 1.165) is 25.7 Å². The summed E-state index contributed by atoms with van der Waals surface area (Å²) in [5.41, 5.74) is 5.76. The minimum absolute atomic E-state index is 0.0176. The van der Waals surface area contributed by atoms with E-state index in [1.54, 1.807) is 4.90 Å². The first-order chi connectivity index (χ1) is 10.1. The van der Waals surface area contributed by atoms with E-state index < -0.39 is 17.8 Å². The van der Waals surface area contributed by atoms with Crippen molar-refractivity contribution in [3.05, 3.63) is 0 Å². The highest BCUT2D eigenvalue weighted by molar-refractivity contribution is 5.80. The number of rotatable bonds is 2. The van der Waals surface area contributed by atoms with Gasteiger partial charge >= 0.3 is 6.18 Å². The molecule has 0 bridgehead atoms. The van der Waals surface area contributed by atoms with Gasteiger partial charge in [-0.2, -0.15) is 13.2 Å². The summed E-state index contributed by atoms with van der Waals surface area (Å²) in [4.78, 5) is 15.7. The maximum atomic E-state index is 12.7. The van der Waals surface area contributed by atoms with Gasteiger partial charge < -0.3 is 10.6 Å². The highest BCUT2D eigenvalue weighted by Crippen LogP contribution is 2.33. The summed E-state index contributed by atoms with van der Waals surface area (Å²) in [6.45, 7) is 4.32. The summed E-state index contributed by atoms with van der Waals surface area (Å²) in [6.07, 6.45) is -0.577. The second-order valence-corrected chi connectivity index (χ2v) is 6.88. The van der Waals surface area contributed by atoms with E-state index in [2.05, 4.69) is 0 Å². The van der Waals surface area contributed by atoms with Crippen LogP contribution in [0.2, 0.25) is 0 Å². The third-order valence-corrected chi connectivity index (χ3v) is 5.20. The van der Waals surface area contributed by atoms with Gasteiger partial charge in [-0.05, 0) is 26.7 Å². The van der Waals surface area contributed by atoms with Gasteiger partial charge in [0.05, 0.1) is 5.92 Å². The molecule has 1 aliphatic heterocycles. The lowest BCUT2D eigenvalue weighted by atomic mass is 9.74. The highest BCUT2D eigenvalue weighted by Gasteiger charge is 2.43. The Morgan fingerprint density at radius 3 is 2.32 bits per heavy atom. The van der Waals surface area contributed by atoms with Crippen molar-refractivity contribution in [3.63, 3.8) is 0 Å². The van der Waals surface area contributed by atoms with Gasteiger partial charge in [0.1, 0.15) is 6.04 Å². The lowest BCUT2D eigenvalue weighted by molar-refractivity contribution is -0.183. The lowest BCUT2D eigenvalue weighted by Crippen LogP contribution is -2.59. The number of nitrogens with two attached hydrogens (primary N) is 1. The zero-order chi connectivity index (χ0) is 16.5. The van der Waals surface area contributed by atoms with E-state index in [9.17, 15) is 18.0 Å². The Morgan fingerprint density at radius 1 is 1.23 bits per heavy atom. The van der Waals surface area contributed by atoms with Gasteiger partial charge in [0.25, 0.3) is 0 Å².